The lowest BCUT2D eigenvalue weighted by Crippen LogP contribution is -2.81. The zero-order valence-corrected chi connectivity index (χ0v) is 23.0. The van der Waals surface area contributed by atoms with Gasteiger partial charge in [0.1, 0.15) is 17.5 Å². The first kappa shape index (κ1) is 25.9. The van der Waals surface area contributed by atoms with Gasteiger partial charge in [0.05, 0.1) is 19.7 Å². The quantitative estimate of drug-likeness (QED) is 0.438. The molecule has 1 aliphatic carbocycles. The number of nitrogens with one attached hydrogen (secondary N) is 1. The molecule has 2 fully saturated rings. The lowest BCUT2D eigenvalue weighted by Gasteiger charge is -2.64. The number of amides is 1. The van der Waals surface area contributed by atoms with Crippen LogP contribution in [0.15, 0.2) is 60.7 Å². The standard InChI is InChI=1S/C31H37N3O5/c1-5-29-14-9-16-34-17-15-30(26(29)34)23-13-12-22(38-4)18-24(23)33(3)27(30)31(37,28(29)39-20(2)35)19-32-25(36)21-10-7-6-8-11-21/h6-14,18,26-28,37H,5,15-17,19H2,1-4H3,(H,32,36)/t26-,27+,28+,29+,30+,31-/m0/s1. The topological polar surface area (TPSA) is 91.3 Å². The summed E-state index contributed by atoms with van der Waals surface area (Å²) in [5, 5.41) is 16.1. The summed E-state index contributed by atoms with van der Waals surface area (Å²) in [7, 11) is 3.65. The van der Waals surface area contributed by atoms with Crippen molar-refractivity contribution >= 4 is 17.6 Å². The summed E-state index contributed by atoms with van der Waals surface area (Å²) in [6.07, 6.45) is 4.96. The monoisotopic (exact) mass is 531 g/mol. The molecule has 6 rings (SSSR count). The first-order valence-electron chi connectivity index (χ1n) is 13.8. The fraction of sp³-hybridized carbons (Fsp3) is 0.484. The smallest absolute Gasteiger partial charge is 0.303 e. The highest BCUT2D eigenvalue weighted by molar-refractivity contribution is 5.94. The summed E-state index contributed by atoms with van der Waals surface area (Å²) >= 11 is 0. The van der Waals surface area contributed by atoms with Crippen LogP contribution >= 0.6 is 0 Å². The lowest BCUT2D eigenvalue weighted by molar-refractivity contribution is -0.216. The molecule has 1 saturated carbocycles. The summed E-state index contributed by atoms with van der Waals surface area (Å²) < 4.78 is 11.7. The van der Waals surface area contributed by atoms with E-state index in [0.717, 1.165) is 30.9 Å². The molecule has 1 amide bonds. The third kappa shape index (κ3) is 3.44. The van der Waals surface area contributed by atoms with Crippen LogP contribution in [0.25, 0.3) is 0 Å². The van der Waals surface area contributed by atoms with Gasteiger partial charge in [-0.15, -0.1) is 0 Å². The maximum Gasteiger partial charge on any atom is 0.303 e. The van der Waals surface area contributed by atoms with E-state index in [4.69, 9.17) is 9.47 Å². The molecule has 6 atom stereocenters. The minimum atomic E-state index is -1.60. The van der Waals surface area contributed by atoms with Crippen LogP contribution in [-0.2, 0) is 14.9 Å². The summed E-state index contributed by atoms with van der Waals surface area (Å²) in [5.41, 5.74) is -0.00831. The SMILES string of the molecule is CC[C@]12C=CCN3CC[C@@]4(c5ccc(OC)cc5N(C)[C@H]4[C@@](O)(CNC(=O)c4ccccc4)[C@@H]1OC(C)=O)[C@@H]32. The van der Waals surface area contributed by atoms with Gasteiger partial charge in [0, 0.05) is 54.7 Å². The van der Waals surface area contributed by atoms with Crippen LogP contribution in [0.1, 0.15) is 42.6 Å². The number of ether oxygens (including phenoxy) is 2. The second-order valence-electron chi connectivity index (χ2n) is 11.5. The maximum absolute atomic E-state index is 13.2. The Morgan fingerprint density at radius 1 is 1.15 bits per heavy atom. The van der Waals surface area contributed by atoms with Crippen LogP contribution < -0.4 is 15.0 Å². The third-order valence-corrected chi connectivity index (χ3v) is 9.78. The van der Waals surface area contributed by atoms with E-state index < -0.39 is 34.5 Å². The number of carbonyl (C=O) groups is 2. The Morgan fingerprint density at radius 3 is 2.62 bits per heavy atom. The van der Waals surface area contributed by atoms with Gasteiger partial charge in [0.25, 0.3) is 5.91 Å². The number of carbonyl (C=O) groups excluding carboxylic acids is 2. The summed E-state index contributed by atoms with van der Waals surface area (Å²) in [6, 6.07) is 14.7. The zero-order chi connectivity index (χ0) is 27.6. The number of hydrogen-bond donors (Lipinski definition) is 2. The number of esters is 1. The average Bonchev–Trinajstić information content (AvgIpc) is 3.46. The van der Waals surface area contributed by atoms with Crippen LogP contribution in [-0.4, -0.2) is 79.5 Å². The fourth-order valence-corrected chi connectivity index (χ4v) is 8.56. The predicted molar refractivity (Wildman–Crippen MR) is 148 cm³/mol. The van der Waals surface area contributed by atoms with Crippen LogP contribution in [0.4, 0.5) is 5.69 Å². The van der Waals surface area contributed by atoms with E-state index in [0.29, 0.717) is 12.0 Å². The van der Waals surface area contributed by atoms with Crippen molar-refractivity contribution in [3.05, 3.63) is 71.8 Å². The van der Waals surface area contributed by atoms with Gasteiger partial charge in [-0.2, -0.15) is 0 Å². The largest absolute Gasteiger partial charge is 0.497 e. The van der Waals surface area contributed by atoms with Crippen LogP contribution in [0.2, 0.25) is 0 Å². The number of rotatable bonds is 6. The molecule has 3 heterocycles. The van der Waals surface area contributed by atoms with Gasteiger partial charge in [-0.3, -0.25) is 14.5 Å². The van der Waals surface area contributed by atoms with Gasteiger partial charge >= 0.3 is 5.97 Å². The Balaban J connectivity index is 1.55. The molecule has 8 heteroatoms. The van der Waals surface area contributed by atoms with Crippen molar-refractivity contribution in [1.82, 2.24) is 10.2 Å². The average molecular weight is 532 g/mol. The Morgan fingerprint density at radius 2 is 1.92 bits per heavy atom. The van der Waals surface area contributed by atoms with Gasteiger partial charge in [0.2, 0.25) is 0 Å². The highest BCUT2D eigenvalue weighted by Gasteiger charge is 2.77. The lowest BCUT2D eigenvalue weighted by atomic mass is 9.47. The van der Waals surface area contributed by atoms with E-state index in [9.17, 15) is 14.7 Å². The normalized spacial score (nSPS) is 34.2. The van der Waals surface area contributed by atoms with Gasteiger partial charge in [-0.25, -0.2) is 0 Å². The van der Waals surface area contributed by atoms with E-state index in [1.165, 1.54) is 12.5 Å². The molecular formula is C31H37N3O5. The Hall–Kier alpha value is -3.36. The second-order valence-corrected chi connectivity index (χ2v) is 11.5. The highest BCUT2D eigenvalue weighted by Crippen LogP contribution is 2.67. The van der Waals surface area contributed by atoms with Crippen molar-refractivity contribution in [2.75, 3.05) is 38.7 Å². The molecule has 0 unspecified atom stereocenters. The van der Waals surface area contributed by atoms with E-state index in [1.54, 1.807) is 19.2 Å². The third-order valence-electron chi connectivity index (χ3n) is 9.78. The van der Waals surface area contributed by atoms with Gasteiger partial charge in [-0.05, 0) is 43.1 Å². The molecule has 0 radical (unpaired) electrons. The molecule has 3 aliphatic heterocycles. The number of hydrogen-bond acceptors (Lipinski definition) is 7. The number of methoxy groups -OCH3 is 1. The Bertz CT molecular complexity index is 1330. The molecule has 8 nitrogen and oxygen atoms in total. The Kier molecular flexibility index (Phi) is 6.04. The van der Waals surface area contributed by atoms with E-state index in [-0.39, 0.29) is 18.5 Å². The number of benzene rings is 2. The number of fused-ring (bicyclic) bond motifs is 1. The number of aliphatic hydroxyl groups is 1. The molecule has 0 aromatic heterocycles. The number of nitrogens with zero attached hydrogens (tertiary/aromatic N) is 2. The molecule has 39 heavy (non-hydrogen) atoms. The molecule has 2 aromatic rings. The first-order valence-corrected chi connectivity index (χ1v) is 13.8. The maximum atomic E-state index is 13.2. The van der Waals surface area contributed by atoms with Crippen molar-refractivity contribution in [1.29, 1.82) is 0 Å². The minimum absolute atomic E-state index is 0.0107. The van der Waals surface area contributed by atoms with Crippen molar-refractivity contribution in [2.24, 2.45) is 5.41 Å². The molecule has 2 aromatic carbocycles. The van der Waals surface area contributed by atoms with Crippen LogP contribution in [0.5, 0.6) is 5.75 Å². The highest BCUT2D eigenvalue weighted by atomic mass is 16.6. The summed E-state index contributed by atoms with van der Waals surface area (Å²) in [5.74, 6) is 0.0177. The van der Waals surface area contributed by atoms with E-state index >= 15 is 0 Å². The molecule has 2 N–H and O–H groups in total. The number of likely N-dealkylation sites (N-methyl/N-ethyl adjacent to an activating group) is 1. The van der Waals surface area contributed by atoms with Crippen molar-refractivity contribution in [2.45, 2.75) is 55.9 Å². The van der Waals surface area contributed by atoms with Gasteiger partial charge in [-0.1, -0.05) is 43.3 Å². The Labute approximate surface area is 229 Å². The molecule has 206 valence electrons. The molecular weight excluding hydrogens is 494 g/mol. The van der Waals surface area contributed by atoms with Crippen molar-refractivity contribution in [3.63, 3.8) is 0 Å². The van der Waals surface area contributed by atoms with Crippen molar-refractivity contribution in [3.8, 4) is 5.75 Å². The summed E-state index contributed by atoms with van der Waals surface area (Å²) in [6.45, 7) is 5.11. The zero-order valence-electron chi connectivity index (χ0n) is 23.0. The fourth-order valence-electron chi connectivity index (χ4n) is 8.56. The predicted octanol–water partition coefficient (Wildman–Crippen LogP) is 2.90. The summed E-state index contributed by atoms with van der Waals surface area (Å²) in [4.78, 5) is 30.5. The van der Waals surface area contributed by atoms with Gasteiger partial charge in [0.15, 0.2) is 0 Å². The number of anilines is 1. The second kappa shape index (κ2) is 9.10. The van der Waals surface area contributed by atoms with Crippen LogP contribution in [0.3, 0.4) is 0 Å². The van der Waals surface area contributed by atoms with E-state index in [2.05, 4.69) is 40.3 Å². The molecule has 4 aliphatic rings. The molecule has 1 spiro atoms. The van der Waals surface area contributed by atoms with E-state index in [1.807, 2.05) is 37.4 Å². The molecule has 0 bridgehead atoms. The van der Waals surface area contributed by atoms with Crippen molar-refractivity contribution < 1.29 is 24.2 Å². The minimum Gasteiger partial charge on any atom is -0.497 e. The first-order chi connectivity index (χ1) is 18.7. The van der Waals surface area contributed by atoms with Gasteiger partial charge < -0.3 is 24.8 Å². The molecule has 1 saturated heterocycles. The van der Waals surface area contributed by atoms with Crippen LogP contribution in [0, 0.1) is 5.41 Å².